The third kappa shape index (κ3) is 5.74. The molecular weight excluding hydrogens is 506 g/mol. The predicted octanol–water partition coefficient (Wildman–Crippen LogP) is 4.46. The van der Waals surface area contributed by atoms with Gasteiger partial charge in [-0.3, -0.25) is 10.1 Å². The molecule has 4 rings (SSSR count). The van der Waals surface area contributed by atoms with Crippen LogP contribution in [0.1, 0.15) is 29.9 Å². The molecule has 0 aliphatic carbocycles. The number of urea groups is 1. The highest BCUT2D eigenvalue weighted by Crippen LogP contribution is 2.36. The van der Waals surface area contributed by atoms with Crippen LogP contribution in [0.3, 0.4) is 0 Å². The minimum atomic E-state index is -0.669. The average molecular weight is 536 g/mol. The van der Waals surface area contributed by atoms with Crippen molar-refractivity contribution in [3.63, 3.8) is 0 Å². The van der Waals surface area contributed by atoms with Crippen LogP contribution in [-0.4, -0.2) is 53.4 Å². The Balaban J connectivity index is 1.89. The number of ether oxygens (including phenoxy) is 2. The van der Waals surface area contributed by atoms with E-state index in [1.54, 1.807) is 32.4 Å². The topological polar surface area (TPSA) is 124 Å². The summed E-state index contributed by atoms with van der Waals surface area (Å²) in [5.41, 5.74) is 3.28. The normalized spacial score (nSPS) is 10.9. The van der Waals surface area contributed by atoms with Gasteiger partial charge in [0.1, 0.15) is 16.4 Å². The molecule has 0 radical (unpaired) electrons. The van der Waals surface area contributed by atoms with E-state index < -0.39 is 11.4 Å². The van der Waals surface area contributed by atoms with Crippen LogP contribution in [0.4, 0.5) is 10.6 Å². The van der Waals surface area contributed by atoms with E-state index in [-0.39, 0.29) is 18.2 Å². The first-order chi connectivity index (χ1) is 18.4. The molecule has 2 amide bonds. The van der Waals surface area contributed by atoms with Gasteiger partial charge in [-0.2, -0.15) is 0 Å². The molecule has 0 atom stereocenters. The summed E-state index contributed by atoms with van der Waals surface area (Å²) < 4.78 is 12.2. The van der Waals surface area contributed by atoms with Crippen LogP contribution in [0.2, 0.25) is 0 Å². The van der Waals surface area contributed by atoms with E-state index in [0.29, 0.717) is 42.0 Å². The maximum atomic E-state index is 13.4. The van der Waals surface area contributed by atoms with Gasteiger partial charge >= 0.3 is 12.0 Å². The first-order valence-corrected chi connectivity index (χ1v) is 13.0. The number of fused-ring (bicyclic) bond motifs is 1. The third-order valence-corrected chi connectivity index (χ3v) is 6.75. The van der Waals surface area contributed by atoms with Crippen LogP contribution in [0.5, 0.6) is 0 Å². The summed E-state index contributed by atoms with van der Waals surface area (Å²) in [6.07, 6.45) is 3.17. The van der Waals surface area contributed by atoms with Crippen LogP contribution in [0.25, 0.3) is 32.6 Å². The van der Waals surface area contributed by atoms with Gasteiger partial charge in [0.2, 0.25) is 5.43 Å². The van der Waals surface area contributed by atoms with Gasteiger partial charge in [-0.15, -0.1) is 11.3 Å². The van der Waals surface area contributed by atoms with Crippen molar-refractivity contribution in [2.45, 2.75) is 27.3 Å². The zero-order valence-electron chi connectivity index (χ0n) is 21.7. The summed E-state index contributed by atoms with van der Waals surface area (Å²) in [4.78, 5) is 47.2. The fourth-order valence-electron chi connectivity index (χ4n) is 4.02. The lowest BCUT2D eigenvalue weighted by molar-refractivity contribution is 0.0524. The SMILES string of the molecule is CCNC(=O)Nc1cc(-c2nc(C)cs2)c(-c2ccc3c(c2)c(=O)c(C(=O)OCC)cn3CCOC)cn1. The van der Waals surface area contributed by atoms with E-state index in [9.17, 15) is 14.4 Å². The Hall–Kier alpha value is -4.09. The van der Waals surface area contributed by atoms with Crippen molar-refractivity contribution in [1.82, 2.24) is 19.9 Å². The lowest BCUT2D eigenvalue weighted by Crippen LogP contribution is -2.28. The monoisotopic (exact) mass is 535 g/mol. The number of hydrogen-bond donors (Lipinski definition) is 2. The van der Waals surface area contributed by atoms with Crippen molar-refractivity contribution in [2.24, 2.45) is 0 Å². The Labute approximate surface area is 223 Å². The lowest BCUT2D eigenvalue weighted by atomic mass is 9.99. The van der Waals surface area contributed by atoms with Crippen molar-refractivity contribution in [3.8, 4) is 21.7 Å². The first kappa shape index (κ1) is 27.0. The number of nitrogens with one attached hydrogen (secondary N) is 2. The second-order valence-electron chi connectivity index (χ2n) is 8.40. The number of pyridine rings is 2. The first-order valence-electron chi connectivity index (χ1n) is 12.2. The Morgan fingerprint density at radius 3 is 2.66 bits per heavy atom. The molecule has 0 saturated heterocycles. The Bertz CT molecular complexity index is 1540. The molecule has 0 bridgehead atoms. The number of hydrogen-bond acceptors (Lipinski definition) is 8. The van der Waals surface area contributed by atoms with Gasteiger partial charge in [-0.1, -0.05) is 6.07 Å². The standard InChI is InChI=1S/C27H29N5O5S/c1-5-28-27(35)31-23-12-18(25-30-16(3)15-38-25)20(13-29-23)17-7-8-22-19(11-17)24(33)21(26(34)37-6-2)14-32(22)9-10-36-4/h7-8,11-15H,5-6,9-10H2,1-4H3,(H2,28,29,31,35). The van der Waals surface area contributed by atoms with Gasteiger partial charge in [-0.05, 0) is 44.5 Å². The summed E-state index contributed by atoms with van der Waals surface area (Å²) >= 11 is 1.47. The maximum absolute atomic E-state index is 13.4. The Kier molecular flexibility index (Phi) is 8.49. The van der Waals surface area contributed by atoms with Gasteiger partial charge in [0.25, 0.3) is 0 Å². The number of anilines is 1. The molecule has 3 heterocycles. The highest BCUT2D eigenvalue weighted by Gasteiger charge is 2.19. The number of carbonyl (C=O) groups excluding carboxylic acids is 2. The van der Waals surface area contributed by atoms with E-state index in [1.165, 1.54) is 17.5 Å². The van der Waals surface area contributed by atoms with Crippen LogP contribution < -0.4 is 16.1 Å². The molecule has 0 aliphatic rings. The number of nitrogens with zero attached hydrogens (tertiary/aromatic N) is 3. The largest absolute Gasteiger partial charge is 0.462 e. The fraction of sp³-hybridized carbons (Fsp3) is 0.296. The summed E-state index contributed by atoms with van der Waals surface area (Å²) in [7, 11) is 1.59. The molecule has 4 aromatic rings. The zero-order valence-corrected chi connectivity index (χ0v) is 22.5. The molecule has 0 spiro atoms. The Morgan fingerprint density at radius 2 is 1.97 bits per heavy atom. The molecule has 38 heavy (non-hydrogen) atoms. The van der Waals surface area contributed by atoms with Crippen molar-refractivity contribution in [3.05, 3.63) is 63.5 Å². The molecule has 2 N–H and O–H groups in total. The average Bonchev–Trinajstić information content (AvgIpc) is 3.34. The number of aromatic nitrogens is 3. The number of carbonyl (C=O) groups is 2. The molecule has 11 heteroatoms. The van der Waals surface area contributed by atoms with E-state index in [2.05, 4.69) is 20.6 Å². The number of amides is 2. The minimum absolute atomic E-state index is 0.0389. The second-order valence-corrected chi connectivity index (χ2v) is 9.26. The molecular formula is C27H29N5O5S. The molecule has 1 aromatic carbocycles. The summed E-state index contributed by atoms with van der Waals surface area (Å²) in [5, 5.41) is 8.48. The van der Waals surface area contributed by atoms with Crippen molar-refractivity contribution in [2.75, 3.05) is 32.2 Å². The highest BCUT2D eigenvalue weighted by molar-refractivity contribution is 7.13. The van der Waals surface area contributed by atoms with Gasteiger partial charge in [0.05, 0.1) is 18.7 Å². The lowest BCUT2D eigenvalue weighted by Gasteiger charge is -2.15. The molecule has 10 nitrogen and oxygen atoms in total. The molecule has 0 saturated carbocycles. The van der Waals surface area contributed by atoms with Gasteiger partial charge in [0.15, 0.2) is 0 Å². The molecule has 198 valence electrons. The van der Waals surface area contributed by atoms with E-state index in [1.807, 2.05) is 35.9 Å². The highest BCUT2D eigenvalue weighted by atomic mass is 32.1. The van der Waals surface area contributed by atoms with Crippen molar-refractivity contribution >= 4 is 40.1 Å². The number of thiazole rings is 1. The third-order valence-electron chi connectivity index (χ3n) is 5.76. The van der Waals surface area contributed by atoms with Crippen LogP contribution in [-0.2, 0) is 16.0 Å². The summed E-state index contributed by atoms with van der Waals surface area (Å²) in [6.45, 7) is 6.92. The molecule has 3 aromatic heterocycles. The number of methoxy groups -OCH3 is 1. The van der Waals surface area contributed by atoms with E-state index >= 15 is 0 Å². The second kappa shape index (κ2) is 12.0. The van der Waals surface area contributed by atoms with Crippen LogP contribution in [0, 0.1) is 6.92 Å². The molecule has 0 aliphatic heterocycles. The van der Waals surface area contributed by atoms with E-state index in [0.717, 1.165) is 21.8 Å². The van der Waals surface area contributed by atoms with Crippen LogP contribution in [0.15, 0.2) is 46.8 Å². The number of benzene rings is 1. The molecule has 0 unspecified atom stereocenters. The van der Waals surface area contributed by atoms with Gasteiger partial charge in [0, 0.05) is 60.2 Å². The smallest absolute Gasteiger partial charge is 0.343 e. The van der Waals surface area contributed by atoms with Crippen molar-refractivity contribution < 1.29 is 19.1 Å². The fourth-order valence-corrected chi connectivity index (χ4v) is 4.85. The zero-order chi connectivity index (χ0) is 27.2. The Morgan fingerprint density at radius 1 is 1.16 bits per heavy atom. The van der Waals surface area contributed by atoms with Gasteiger partial charge in [-0.25, -0.2) is 19.6 Å². The molecule has 0 fully saturated rings. The van der Waals surface area contributed by atoms with Crippen LogP contribution >= 0.6 is 11.3 Å². The summed E-state index contributed by atoms with van der Waals surface area (Å²) in [5.74, 6) is -0.299. The predicted molar refractivity (Wildman–Crippen MR) is 148 cm³/mol. The summed E-state index contributed by atoms with van der Waals surface area (Å²) in [6, 6.07) is 6.89. The number of aryl methyl sites for hydroxylation is 1. The quantitative estimate of drug-likeness (QED) is 0.303. The van der Waals surface area contributed by atoms with E-state index in [4.69, 9.17) is 9.47 Å². The van der Waals surface area contributed by atoms with Crippen molar-refractivity contribution in [1.29, 1.82) is 0 Å². The minimum Gasteiger partial charge on any atom is -0.462 e. The maximum Gasteiger partial charge on any atom is 0.343 e. The number of esters is 1. The number of rotatable bonds is 9. The van der Waals surface area contributed by atoms with Gasteiger partial charge < -0.3 is 19.4 Å².